The highest BCUT2D eigenvalue weighted by atomic mass is 32.1. The van der Waals surface area contributed by atoms with Gasteiger partial charge in [-0.15, -0.1) is 11.3 Å². The molecule has 0 radical (unpaired) electrons. The van der Waals surface area contributed by atoms with Gasteiger partial charge in [-0.25, -0.2) is 0 Å². The lowest BCUT2D eigenvalue weighted by molar-refractivity contribution is -0.122. The highest BCUT2D eigenvalue weighted by Crippen LogP contribution is 2.28. The van der Waals surface area contributed by atoms with Crippen LogP contribution < -0.4 is 15.0 Å². The third-order valence-corrected chi connectivity index (χ3v) is 5.60. The van der Waals surface area contributed by atoms with Crippen molar-refractivity contribution in [2.45, 2.75) is 6.92 Å². The van der Waals surface area contributed by atoms with E-state index in [2.05, 4.69) is 5.32 Å². The highest BCUT2D eigenvalue weighted by Gasteiger charge is 2.34. The fraction of sp³-hybridized carbons (Fsp3) is 0.0455. The van der Waals surface area contributed by atoms with Gasteiger partial charge >= 0.3 is 0 Å². The van der Waals surface area contributed by atoms with Crippen LogP contribution in [-0.4, -0.2) is 16.9 Å². The summed E-state index contributed by atoms with van der Waals surface area (Å²) < 4.78 is 5.78. The fourth-order valence-electron chi connectivity index (χ4n) is 2.84. The minimum absolute atomic E-state index is 0.0498. The molecule has 4 rings (SSSR count). The van der Waals surface area contributed by atoms with Crippen LogP contribution >= 0.6 is 23.6 Å². The van der Waals surface area contributed by atoms with Crippen LogP contribution in [0, 0.1) is 6.92 Å². The highest BCUT2D eigenvalue weighted by molar-refractivity contribution is 7.80. The Bertz CT molecular complexity index is 1120. The van der Waals surface area contributed by atoms with Crippen LogP contribution in [0.3, 0.4) is 0 Å². The number of thiophene rings is 1. The SMILES string of the molecule is Cc1ccsc1/C=C1\C(=O)NC(=S)N(c2ccc(Oc3ccccc3)cc2)C1=O. The third-order valence-electron chi connectivity index (χ3n) is 4.35. The Morgan fingerprint density at radius 2 is 1.69 bits per heavy atom. The lowest BCUT2D eigenvalue weighted by Gasteiger charge is -2.29. The van der Waals surface area contributed by atoms with E-state index in [1.165, 1.54) is 16.2 Å². The number of hydrogen-bond donors (Lipinski definition) is 1. The molecular weight excluding hydrogens is 404 g/mol. The molecule has 0 unspecified atom stereocenters. The maximum Gasteiger partial charge on any atom is 0.270 e. The van der Waals surface area contributed by atoms with Crippen molar-refractivity contribution in [2.75, 3.05) is 4.90 Å². The first-order valence-electron chi connectivity index (χ1n) is 8.81. The number of para-hydroxylation sites is 1. The molecule has 1 N–H and O–H groups in total. The molecule has 0 saturated carbocycles. The molecule has 144 valence electrons. The first-order valence-corrected chi connectivity index (χ1v) is 10.1. The number of hydrogen-bond acceptors (Lipinski definition) is 5. The Morgan fingerprint density at radius 1 is 1.00 bits per heavy atom. The second-order valence-corrected chi connectivity index (χ2v) is 7.67. The van der Waals surface area contributed by atoms with Crippen LogP contribution in [0.15, 0.2) is 71.6 Å². The number of carbonyl (C=O) groups is 2. The summed E-state index contributed by atoms with van der Waals surface area (Å²) in [5, 5.41) is 4.57. The van der Waals surface area contributed by atoms with Crippen molar-refractivity contribution < 1.29 is 14.3 Å². The summed E-state index contributed by atoms with van der Waals surface area (Å²) in [4.78, 5) is 27.6. The molecule has 0 aliphatic carbocycles. The number of anilines is 1. The van der Waals surface area contributed by atoms with E-state index in [1.54, 1.807) is 30.3 Å². The van der Waals surface area contributed by atoms with E-state index >= 15 is 0 Å². The van der Waals surface area contributed by atoms with E-state index < -0.39 is 11.8 Å². The quantitative estimate of drug-likeness (QED) is 0.378. The monoisotopic (exact) mass is 420 g/mol. The third kappa shape index (κ3) is 3.96. The Kier molecular flexibility index (Phi) is 5.24. The van der Waals surface area contributed by atoms with E-state index in [4.69, 9.17) is 17.0 Å². The van der Waals surface area contributed by atoms with Gasteiger partial charge in [0, 0.05) is 4.88 Å². The van der Waals surface area contributed by atoms with E-state index in [9.17, 15) is 9.59 Å². The van der Waals surface area contributed by atoms with Gasteiger partial charge in [0.25, 0.3) is 11.8 Å². The van der Waals surface area contributed by atoms with Crippen molar-refractivity contribution >= 4 is 52.2 Å². The zero-order valence-corrected chi connectivity index (χ0v) is 17.0. The van der Waals surface area contributed by atoms with E-state index in [0.717, 1.165) is 10.4 Å². The molecule has 0 atom stereocenters. The molecule has 5 nitrogen and oxygen atoms in total. The molecule has 2 amide bonds. The van der Waals surface area contributed by atoms with Gasteiger partial charge in [0.05, 0.1) is 5.69 Å². The minimum atomic E-state index is -0.493. The molecule has 1 saturated heterocycles. The number of nitrogens with one attached hydrogen (secondary N) is 1. The Morgan fingerprint density at radius 3 is 2.34 bits per heavy atom. The Labute approximate surface area is 177 Å². The Hall–Kier alpha value is -3.29. The van der Waals surface area contributed by atoms with E-state index in [0.29, 0.717) is 17.2 Å². The summed E-state index contributed by atoms with van der Waals surface area (Å²) in [6.07, 6.45) is 1.61. The molecule has 1 aromatic heterocycles. The van der Waals surface area contributed by atoms with Gasteiger partial charge in [0.2, 0.25) is 0 Å². The summed E-state index contributed by atoms with van der Waals surface area (Å²) in [5.74, 6) is 0.398. The molecular formula is C22H16N2O3S2. The molecule has 7 heteroatoms. The predicted molar refractivity (Wildman–Crippen MR) is 118 cm³/mol. The predicted octanol–water partition coefficient (Wildman–Crippen LogP) is 4.68. The number of amides is 2. The molecule has 3 aromatic rings. The molecule has 29 heavy (non-hydrogen) atoms. The summed E-state index contributed by atoms with van der Waals surface area (Å²) in [7, 11) is 0. The van der Waals surface area contributed by atoms with Crippen molar-refractivity contribution in [1.82, 2.24) is 5.32 Å². The molecule has 0 bridgehead atoms. The van der Waals surface area contributed by atoms with Crippen molar-refractivity contribution in [3.05, 3.63) is 82.1 Å². The maximum absolute atomic E-state index is 13.0. The minimum Gasteiger partial charge on any atom is -0.457 e. The van der Waals surface area contributed by atoms with Crippen molar-refractivity contribution in [3.8, 4) is 11.5 Å². The second-order valence-electron chi connectivity index (χ2n) is 6.33. The van der Waals surface area contributed by atoms with Gasteiger partial charge in [-0.1, -0.05) is 18.2 Å². The average molecular weight is 421 g/mol. The standard InChI is InChI=1S/C22H16N2O3S2/c1-14-11-12-29-19(14)13-18-20(25)23-22(28)24(21(18)26)15-7-9-17(10-8-15)27-16-5-3-2-4-6-16/h2-13H,1H3,(H,23,25,28)/b18-13+. The van der Waals surface area contributed by atoms with Crippen LogP contribution in [0.5, 0.6) is 11.5 Å². The smallest absolute Gasteiger partial charge is 0.270 e. The Balaban J connectivity index is 1.60. The van der Waals surface area contributed by atoms with Crippen LogP contribution in [0.4, 0.5) is 5.69 Å². The molecule has 2 heterocycles. The normalized spacial score (nSPS) is 15.6. The van der Waals surface area contributed by atoms with E-state index in [1.807, 2.05) is 48.7 Å². The fourth-order valence-corrected chi connectivity index (χ4v) is 3.98. The molecule has 1 fully saturated rings. The summed E-state index contributed by atoms with van der Waals surface area (Å²) in [6.45, 7) is 1.93. The zero-order valence-electron chi connectivity index (χ0n) is 15.4. The van der Waals surface area contributed by atoms with Gasteiger partial charge in [-0.2, -0.15) is 0 Å². The molecule has 1 aliphatic heterocycles. The lowest BCUT2D eigenvalue weighted by Crippen LogP contribution is -2.54. The lowest BCUT2D eigenvalue weighted by atomic mass is 10.1. The van der Waals surface area contributed by atoms with Crippen LogP contribution in [0.25, 0.3) is 6.08 Å². The first kappa shape index (κ1) is 19.0. The van der Waals surface area contributed by atoms with Crippen LogP contribution in [0.2, 0.25) is 0 Å². The average Bonchev–Trinajstić information content (AvgIpc) is 3.12. The molecule has 2 aromatic carbocycles. The van der Waals surface area contributed by atoms with Gasteiger partial charge in [0.15, 0.2) is 5.11 Å². The first-order chi connectivity index (χ1) is 14.0. The number of benzene rings is 2. The van der Waals surface area contributed by atoms with Crippen LogP contribution in [0.1, 0.15) is 10.4 Å². The van der Waals surface area contributed by atoms with Gasteiger partial charge in [-0.05, 0) is 78.6 Å². The number of carbonyl (C=O) groups excluding carboxylic acids is 2. The topological polar surface area (TPSA) is 58.6 Å². The second kappa shape index (κ2) is 7.98. The van der Waals surface area contributed by atoms with Gasteiger partial charge in [0.1, 0.15) is 17.1 Å². The van der Waals surface area contributed by atoms with Crippen molar-refractivity contribution in [2.24, 2.45) is 0 Å². The van der Waals surface area contributed by atoms with Crippen molar-refractivity contribution in [3.63, 3.8) is 0 Å². The number of ether oxygens (including phenoxy) is 1. The van der Waals surface area contributed by atoms with Crippen LogP contribution in [-0.2, 0) is 9.59 Å². The van der Waals surface area contributed by atoms with Gasteiger partial charge in [-0.3, -0.25) is 19.8 Å². The molecule has 1 aliphatic rings. The number of nitrogens with zero attached hydrogens (tertiary/aromatic N) is 1. The largest absolute Gasteiger partial charge is 0.457 e. The summed E-state index contributed by atoms with van der Waals surface area (Å²) in [5.41, 5.74) is 1.60. The maximum atomic E-state index is 13.0. The molecule has 0 spiro atoms. The van der Waals surface area contributed by atoms with Crippen molar-refractivity contribution in [1.29, 1.82) is 0 Å². The number of thiocarbonyl (C=S) groups is 1. The summed E-state index contributed by atoms with van der Waals surface area (Å²) >= 11 is 6.72. The van der Waals surface area contributed by atoms with Gasteiger partial charge < -0.3 is 4.74 Å². The number of aryl methyl sites for hydroxylation is 1. The number of rotatable bonds is 4. The zero-order chi connectivity index (χ0) is 20.4. The summed E-state index contributed by atoms with van der Waals surface area (Å²) in [6, 6.07) is 18.3. The van der Waals surface area contributed by atoms with E-state index in [-0.39, 0.29) is 10.7 Å².